The molecule has 4 nitrogen and oxygen atoms in total. The van der Waals surface area contributed by atoms with Gasteiger partial charge in [0.25, 0.3) is 0 Å². The van der Waals surface area contributed by atoms with E-state index in [-0.39, 0.29) is 5.75 Å². The molecular weight excluding hydrogens is 289 g/mol. The second-order valence-electron chi connectivity index (χ2n) is 3.40. The Kier molecular flexibility index (Phi) is 3.33. The highest BCUT2D eigenvalue weighted by Crippen LogP contribution is 2.31. The van der Waals surface area contributed by atoms with Gasteiger partial charge in [-0.25, -0.2) is 9.37 Å². The Bertz CT molecular complexity index is 542. The van der Waals surface area contributed by atoms with Crippen LogP contribution in [0.2, 0.25) is 0 Å². The van der Waals surface area contributed by atoms with Gasteiger partial charge in [-0.2, -0.15) is 0 Å². The minimum atomic E-state index is -0.427. The van der Waals surface area contributed by atoms with E-state index < -0.39 is 5.82 Å². The van der Waals surface area contributed by atoms with E-state index in [1.165, 1.54) is 12.1 Å². The Morgan fingerprint density at radius 2 is 2.29 bits per heavy atom. The standard InChI is InChI=1S/C11H11BrFN3O/c1-2-16-4-3-15-11(16)17-10-6-8(13)7(12)5-9(10)14/h3-6H,2,14H2,1H3. The van der Waals surface area contributed by atoms with E-state index in [9.17, 15) is 4.39 Å². The largest absolute Gasteiger partial charge is 0.423 e. The van der Waals surface area contributed by atoms with Gasteiger partial charge in [-0.3, -0.25) is 0 Å². The van der Waals surface area contributed by atoms with Crippen LogP contribution in [0.3, 0.4) is 0 Å². The number of imidazole rings is 1. The number of aromatic nitrogens is 2. The molecule has 0 saturated carbocycles. The van der Waals surface area contributed by atoms with Crippen LogP contribution in [0.25, 0.3) is 0 Å². The number of aryl methyl sites for hydroxylation is 1. The molecule has 0 bridgehead atoms. The lowest BCUT2D eigenvalue weighted by Gasteiger charge is -2.09. The fourth-order valence-electron chi connectivity index (χ4n) is 1.37. The Hall–Kier alpha value is -1.56. The maximum atomic E-state index is 13.4. The summed E-state index contributed by atoms with van der Waals surface area (Å²) in [5.74, 6) is -0.171. The summed E-state index contributed by atoms with van der Waals surface area (Å²) in [5.41, 5.74) is 6.09. The van der Waals surface area contributed by atoms with Gasteiger partial charge in [0.15, 0.2) is 5.75 Å². The van der Waals surface area contributed by atoms with Gasteiger partial charge >= 0.3 is 6.01 Å². The highest BCUT2D eigenvalue weighted by atomic mass is 79.9. The lowest BCUT2D eigenvalue weighted by molar-refractivity contribution is 0.414. The molecule has 17 heavy (non-hydrogen) atoms. The summed E-state index contributed by atoms with van der Waals surface area (Å²) in [4.78, 5) is 4.03. The SMILES string of the molecule is CCn1ccnc1Oc1cc(F)c(Br)cc1N. The average Bonchev–Trinajstić information content (AvgIpc) is 2.73. The highest BCUT2D eigenvalue weighted by Gasteiger charge is 2.10. The molecule has 90 valence electrons. The first-order valence-electron chi connectivity index (χ1n) is 5.05. The quantitative estimate of drug-likeness (QED) is 0.886. The van der Waals surface area contributed by atoms with Crippen molar-refractivity contribution in [1.82, 2.24) is 9.55 Å². The number of hydrogen-bond donors (Lipinski definition) is 1. The molecule has 1 aromatic heterocycles. The van der Waals surface area contributed by atoms with Crippen LogP contribution in [0, 0.1) is 5.82 Å². The normalized spacial score (nSPS) is 10.5. The predicted molar refractivity (Wildman–Crippen MR) is 66.5 cm³/mol. The van der Waals surface area contributed by atoms with Crippen LogP contribution in [0.15, 0.2) is 29.0 Å². The van der Waals surface area contributed by atoms with Crippen LogP contribution in [-0.2, 0) is 6.54 Å². The van der Waals surface area contributed by atoms with Gasteiger partial charge in [-0.15, -0.1) is 0 Å². The van der Waals surface area contributed by atoms with Crippen LogP contribution in [0.1, 0.15) is 6.92 Å². The lowest BCUT2D eigenvalue weighted by atomic mass is 10.3. The van der Waals surface area contributed by atoms with Crippen molar-refractivity contribution < 1.29 is 9.13 Å². The molecule has 0 aliphatic rings. The fourth-order valence-corrected chi connectivity index (χ4v) is 1.73. The third-order valence-electron chi connectivity index (χ3n) is 2.27. The summed E-state index contributed by atoms with van der Waals surface area (Å²) in [6.45, 7) is 2.67. The molecule has 2 rings (SSSR count). The first-order chi connectivity index (χ1) is 8.11. The Balaban J connectivity index is 2.33. The summed E-state index contributed by atoms with van der Waals surface area (Å²) in [6.07, 6.45) is 3.39. The van der Waals surface area contributed by atoms with Crippen molar-refractivity contribution in [3.8, 4) is 11.8 Å². The maximum Gasteiger partial charge on any atom is 0.301 e. The number of rotatable bonds is 3. The monoisotopic (exact) mass is 299 g/mol. The smallest absolute Gasteiger partial charge is 0.301 e. The lowest BCUT2D eigenvalue weighted by Crippen LogP contribution is -2.00. The van der Waals surface area contributed by atoms with Crippen molar-refractivity contribution in [3.63, 3.8) is 0 Å². The van der Waals surface area contributed by atoms with E-state index in [0.29, 0.717) is 22.7 Å². The summed E-state index contributed by atoms with van der Waals surface area (Å²) in [5, 5.41) is 0. The van der Waals surface area contributed by atoms with Crippen molar-refractivity contribution in [1.29, 1.82) is 0 Å². The van der Waals surface area contributed by atoms with Gasteiger partial charge in [-0.1, -0.05) is 0 Å². The topological polar surface area (TPSA) is 53.1 Å². The van der Waals surface area contributed by atoms with E-state index in [4.69, 9.17) is 10.5 Å². The fraction of sp³-hybridized carbons (Fsp3) is 0.182. The number of nitrogens with two attached hydrogens (primary N) is 1. The van der Waals surface area contributed by atoms with Gasteiger partial charge in [0.2, 0.25) is 0 Å². The molecule has 0 fully saturated rings. The molecule has 0 aliphatic heterocycles. The van der Waals surface area contributed by atoms with E-state index in [2.05, 4.69) is 20.9 Å². The minimum absolute atomic E-state index is 0.256. The Morgan fingerprint density at radius 1 is 1.53 bits per heavy atom. The first kappa shape index (κ1) is 11.9. The highest BCUT2D eigenvalue weighted by molar-refractivity contribution is 9.10. The van der Waals surface area contributed by atoms with Crippen LogP contribution < -0.4 is 10.5 Å². The van der Waals surface area contributed by atoms with Crippen molar-refractivity contribution in [3.05, 3.63) is 34.8 Å². The molecule has 0 radical (unpaired) electrons. The zero-order chi connectivity index (χ0) is 12.4. The molecule has 2 N–H and O–H groups in total. The molecule has 0 saturated heterocycles. The first-order valence-corrected chi connectivity index (χ1v) is 5.84. The third-order valence-corrected chi connectivity index (χ3v) is 2.88. The van der Waals surface area contributed by atoms with Crippen LogP contribution in [0.5, 0.6) is 11.8 Å². The number of benzene rings is 1. The molecule has 0 spiro atoms. The summed E-state index contributed by atoms with van der Waals surface area (Å²) in [7, 11) is 0. The molecule has 1 heterocycles. The van der Waals surface area contributed by atoms with Crippen molar-refractivity contribution in [2.45, 2.75) is 13.5 Å². The van der Waals surface area contributed by atoms with E-state index >= 15 is 0 Å². The number of nitrogens with zero attached hydrogens (tertiary/aromatic N) is 2. The second-order valence-corrected chi connectivity index (χ2v) is 4.26. The molecule has 0 unspecified atom stereocenters. The van der Waals surface area contributed by atoms with Gasteiger partial charge in [0, 0.05) is 25.0 Å². The summed E-state index contributed by atoms with van der Waals surface area (Å²) < 4.78 is 20.9. The number of ether oxygens (including phenoxy) is 1. The van der Waals surface area contributed by atoms with E-state index in [1.54, 1.807) is 17.0 Å². The third kappa shape index (κ3) is 2.41. The molecule has 6 heteroatoms. The maximum absolute atomic E-state index is 13.4. The van der Waals surface area contributed by atoms with Gasteiger partial charge < -0.3 is 15.0 Å². The second kappa shape index (κ2) is 4.75. The predicted octanol–water partition coefficient (Wildman–Crippen LogP) is 3.18. The minimum Gasteiger partial charge on any atom is -0.423 e. The van der Waals surface area contributed by atoms with Crippen molar-refractivity contribution in [2.75, 3.05) is 5.73 Å². The molecule has 0 atom stereocenters. The number of anilines is 1. The van der Waals surface area contributed by atoms with Crippen LogP contribution >= 0.6 is 15.9 Å². The molecule has 2 aromatic rings. The number of nitrogen functional groups attached to an aromatic ring is 1. The molecule has 1 aromatic carbocycles. The van der Waals surface area contributed by atoms with Gasteiger partial charge in [-0.05, 0) is 28.9 Å². The molecule has 0 amide bonds. The summed E-state index contributed by atoms with van der Waals surface area (Å²) >= 11 is 3.05. The average molecular weight is 300 g/mol. The Labute approximate surface area is 106 Å². The van der Waals surface area contributed by atoms with E-state index in [0.717, 1.165) is 0 Å². The van der Waals surface area contributed by atoms with Gasteiger partial charge in [0.1, 0.15) is 5.82 Å². The van der Waals surface area contributed by atoms with Crippen molar-refractivity contribution in [2.24, 2.45) is 0 Å². The molecule has 0 aliphatic carbocycles. The van der Waals surface area contributed by atoms with E-state index in [1.807, 2.05) is 6.92 Å². The zero-order valence-corrected chi connectivity index (χ0v) is 10.7. The number of halogens is 2. The Morgan fingerprint density at radius 3 is 3.00 bits per heavy atom. The van der Waals surface area contributed by atoms with Gasteiger partial charge in [0.05, 0.1) is 10.2 Å². The van der Waals surface area contributed by atoms with Crippen LogP contribution in [-0.4, -0.2) is 9.55 Å². The van der Waals surface area contributed by atoms with Crippen LogP contribution in [0.4, 0.5) is 10.1 Å². The summed E-state index contributed by atoms with van der Waals surface area (Å²) in [6, 6.07) is 3.08. The number of hydrogen-bond acceptors (Lipinski definition) is 3. The van der Waals surface area contributed by atoms with Crippen molar-refractivity contribution >= 4 is 21.6 Å². The zero-order valence-electron chi connectivity index (χ0n) is 9.15. The molecular formula is C11H11BrFN3O.